The molecule has 0 spiro atoms. The molecule has 120 valence electrons. The summed E-state index contributed by atoms with van der Waals surface area (Å²) in [6.45, 7) is 6.46. The molecule has 1 aromatic rings. The lowest BCUT2D eigenvalue weighted by atomic mass is 10.1. The molecule has 0 heterocycles. The van der Waals surface area contributed by atoms with Crippen LogP contribution in [-0.4, -0.2) is 21.6 Å². The molecule has 3 N–H and O–H groups in total. The third-order valence-corrected chi connectivity index (χ3v) is 4.92. The van der Waals surface area contributed by atoms with Crippen molar-refractivity contribution in [2.45, 2.75) is 51.1 Å². The molecular weight excluding hydrogens is 288 g/mol. The number of hydrogen-bond donors (Lipinski definition) is 2. The lowest BCUT2D eigenvalue weighted by molar-refractivity contribution is 0.401. The second-order valence-electron chi connectivity index (χ2n) is 5.68. The molecule has 0 saturated heterocycles. The first kappa shape index (κ1) is 17.9. The number of methoxy groups -OCH3 is 1. The van der Waals surface area contributed by atoms with E-state index < -0.39 is 10.0 Å². The second kappa shape index (κ2) is 7.77. The van der Waals surface area contributed by atoms with Crippen LogP contribution in [0, 0.1) is 5.92 Å². The fourth-order valence-corrected chi connectivity index (χ4v) is 3.46. The van der Waals surface area contributed by atoms with E-state index in [9.17, 15) is 8.42 Å². The summed E-state index contributed by atoms with van der Waals surface area (Å²) in [6.07, 6.45) is 1.78. The molecule has 1 rings (SSSR count). The van der Waals surface area contributed by atoms with Crippen LogP contribution < -0.4 is 15.2 Å². The molecule has 0 aliphatic carbocycles. The van der Waals surface area contributed by atoms with Crippen molar-refractivity contribution in [2.24, 2.45) is 11.7 Å². The Kier molecular flexibility index (Phi) is 6.64. The third-order valence-electron chi connectivity index (χ3n) is 3.29. The summed E-state index contributed by atoms with van der Waals surface area (Å²) in [5, 5.41) is 0. The van der Waals surface area contributed by atoms with E-state index in [0.717, 1.165) is 18.4 Å². The fourth-order valence-electron chi connectivity index (χ4n) is 2.03. The maximum absolute atomic E-state index is 12.4. The summed E-state index contributed by atoms with van der Waals surface area (Å²) in [5.41, 5.74) is 6.39. The molecule has 1 atom stereocenters. The van der Waals surface area contributed by atoms with Crippen LogP contribution in [0.15, 0.2) is 23.1 Å². The Bertz CT molecular complexity index is 556. The van der Waals surface area contributed by atoms with Crippen LogP contribution in [0.5, 0.6) is 5.75 Å². The molecule has 0 radical (unpaired) electrons. The standard InChI is InChI=1S/C15H26N2O3S/c1-11(2)5-6-12(3)17-21(18,19)15-8-7-13(10-16)9-14(15)20-4/h7-9,11-12,17H,5-6,10,16H2,1-4H3. The van der Waals surface area contributed by atoms with E-state index in [1.807, 2.05) is 6.92 Å². The number of nitrogens with two attached hydrogens (primary N) is 1. The molecular formula is C15H26N2O3S. The maximum Gasteiger partial charge on any atom is 0.244 e. The maximum atomic E-state index is 12.4. The highest BCUT2D eigenvalue weighted by molar-refractivity contribution is 7.89. The van der Waals surface area contributed by atoms with Crippen molar-refractivity contribution < 1.29 is 13.2 Å². The minimum Gasteiger partial charge on any atom is -0.495 e. The Hall–Kier alpha value is -1.11. The summed E-state index contributed by atoms with van der Waals surface area (Å²) in [5.74, 6) is 0.872. The van der Waals surface area contributed by atoms with Gasteiger partial charge in [-0.25, -0.2) is 13.1 Å². The highest BCUT2D eigenvalue weighted by atomic mass is 32.2. The number of ether oxygens (including phenoxy) is 1. The fraction of sp³-hybridized carbons (Fsp3) is 0.600. The van der Waals surface area contributed by atoms with Gasteiger partial charge in [-0.15, -0.1) is 0 Å². The van der Waals surface area contributed by atoms with E-state index in [-0.39, 0.29) is 10.9 Å². The molecule has 5 nitrogen and oxygen atoms in total. The predicted octanol–water partition coefficient (Wildman–Crippen LogP) is 2.26. The van der Waals surface area contributed by atoms with Crippen molar-refractivity contribution in [3.8, 4) is 5.75 Å². The lowest BCUT2D eigenvalue weighted by Gasteiger charge is -2.17. The number of benzene rings is 1. The molecule has 0 aliphatic rings. The van der Waals surface area contributed by atoms with Gasteiger partial charge in [-0.1, -0.05) is 19.9 Å². The molecule has 1 aromatic carbocycles. The van der Waals surface area contributed by atoms with Crippen LogP contribution in [0.4, 0.5) is 0 Å². The first-order valence-corrected chi connectivity index (χ1v) is 8.67. The topological polar surface area (TPSA) is 81.4 Å². The Morgan fingerprint density at radius 3 is 2.43 bits per heavy atom. The molecule has 1 unspecified atom stereocenters. The van der Waals surface area contributed by atoms with E-state index in [0.29, 0.717) is 18.2 Å². The summed E-state index contributed by atoms with van der Waals surface area (Å²) in [4.78, 5) is 0.151. The monoisotopic (exact) mass is 314 g/mol. The lowest BCUT2D eigenvalue weighted by Crippen LogP contribution is -2.33. The van der Waals surface area contributed by atoms with Gasteiger partial charge >= 0.3 is 0 Å². The SMILES string of the molecule is COc1cc(CN)ccc1S(=O)(=O)NC(C)CCC(C)C. The molecule has 0 fully saturated rings. The first-order chi connectivity index (χ1) is 9.80. The average molecular weight is 314 g/mol. The number of rotatable bonds is 8. The average Bonchev–Trinajstić information content (AvgIpc) is 2.43. The predicted molar refractivity (Wildman–Crippen MR) is 84.7 cm³/mol. The second-order valence-corrected chi connectivity index (χ2v) is 7.37. The van der Waals surface area contributed by atoms with Gasteiger partial charge in [-0.2, -0.15) is 0 Å². The zero-order chi connectivity index (χ0) is 16.0. The molecule has 21 heavy (non-hydrogen) atoms. The van der Waals surface area contributed by atoms with Crippen molar-refractivity contribution in [3.63, 3.8) is 0 Å². The van der Waals surface area contributed by atoms with Crippen LogP contribution in [0.25, 0.3) is 0 Å². The summed E-state index contributed by atoms with van der Waals surface area (Å²) in [6, 6.07) is 4.79. The van der Waals surface area contributed by atoms with Gasteiger partial charge in [0.15, 0.2) is 0 Å². The van der Waals surface area contributed by atoms with E-state index >= 15 is 0 Å². The van der Waals surface area contributed by atoms with Gasteiger partial charge in [0.1, 0.15) is 10.6 Å². The Morgan fingerprint density at radius 2 is 1.90 bits per heavy atom. The van der Waals surface area contributed by atoms with Gasteiger partial charge in [0.25, 0.3) is 0 Å². The molecule has 0 aromatic heterocycles. The van der Waals surface area contributed by atoms with Crippen molar-refractivity contribution in [1.29, 1.82) is 0 Å². The van der Waals surface area contributed by atoms with Crippen LogP contribution in [0.1, 0.15) is 39.2 Å². The smallest absolute Gasteiger partial charge is 0.244 e. The van der Waals surface area contributed by atoms with Gasteiger partial charge in [0.2, 0.25) is 10.0 Å². The van der Waals surface area contributed by atoms with E-state index in [4.69, 9.17) is 10.5 Å². The Morgan fingerprint density at radius 1 is 1.24 bits per heavy atom. The summed E-state index contributed by atoms with van der Waals surface area (Å²) < 4.78 is 32.8. The normalized spacial score (nSPS) is 13.4. The van der Waals surface area contributed by atoms with E-state index in [1.54, 1.807) is 18.2 Å². The van der Waals surface area contributed by atoms with Gasteiger partial charge in [-0.3, -0.25) is 0 Å². The minimum atomic E-state index is -3.59. The van der Waals surface area contributed by atoms with Crippen molar-refractivity contribution in [1.82, 2.24) is 4.72 Å². The Labute approximate surface area is 127 Å². The summed E-state index contributed by atoms with van der Waals surface area (Å²) >= 11 is 0. The summed E-state index contributed by atoms with van der Waals surface area (Å²) in [7, 11) is -2.14. The van der Waals surface area contributed by atoms with Crippen LogP contribution >= 0.6 is 0 Å². The van der Waals surface area contributed by atoms with Crippen molar-refractivity contribution in [3.05, 3.63) is 23.8 Å². The first-order valence-electron chi connectivity index (χ1n) is 7.19. The molecule has 0 bridgehead atoms. The van der Waals surface area contributed by atoms with Gasteiger partial charge in [0.05, 0.1) is 7.11 Å². The molecule has 0 saturated carbocycles. The third kappa shape index (κ3) is 5.30. The van der Waals surface area contributed by atoms with E-state index in [1.165, 1.54) is 7.11 Å². The largest absolute Gasteiger partial charge is 0.495 e. The van der Waals surface area contributed by atoms with Gasteiger partial charge in [-0.05, 0) is 43.4 Å². The number of hydrogen-bond acceptors (Lipinski definition) is 4. The molecule has 0 aliphatic heterocycles. The van der Waals surface area contributed by atoms with Crippen molar-refractivity contribution >= 4 is 10.0 Å². The molecule has 6 heteroatoms. The molecule has 0 amide bonds. The van der Waals surface area contributed by atoms with Crippen molar-refractivity contribution in [2.75, 3.05) is 7.11 Å². The highest BCUT2D eigenvalue weighted by Crippen LogP contribution is 2.25. The van der Waals surface area contributed by atoms with Crippen LogP contribution in [0.2, 0.25) is 0 Å². The number of sulfonamides is 1. The zero-order valence-electron chi connectivity index (χ0n) is 13.2. The minimum absolute atomic E-state index is 0.115. The zero-order valence-corrected chi connectivity index (χ0v) is 14.0. The highest BCUT2D eigenvalue weighted by Gasteiger charge is 2.21. The van der Waals surface area contributed by atoms with Gasteiger partial charge < -0.3 is 10.5 Å². The van der Waals surface area contributed by atoms with E-state index in [2.05, 4.69) is 18.6 Å². The number of nitrogens with one attached hydrogen (secondary N) is 1. The Balaban J connectivity index is 2.92. The quantitative estimate of drug-likeness (QED) is 0.771. The van der Waals surface area contributed by atoms with Gasteiger partial charge in [0, 0.05) is 12.6 Å². The van der Waals surface area contributed by atoms with Crippen LogP contribution in [0.3, 0.4) is 0 Å². The van der Waals surface area contributed by atoms with Crippen LogP contribution in [-0.2, 0) is 16.6 Å².